The van der Waals surface area contributed by atoms with Gasteiger partial charge >= 0.3 is 0 Å². The molecule has 0 saturated carbocycles. The summed E-state index contributed by atoms with van der Waals surface area (Å²) in [6, 6.07) is 10.9. The molecule has 114 valence electrons. The fraction of sp³-hybridized carbons (Fsp3) is 0.0625. The standard InChI is InChI=1S/C16H12Cl2INO2/c17-12-4-3-11(13(18)8-12)9-22-15-5-1-10(7-14(15)19)2-6-16(20)21/h1-8H,9H2,(H2,20,21)/b6-2+. The fourth-order valence-electron chi connectivity index (χ4n) is 1.71. The second-order valence-corrected chi connectivity index (χ2v) is 6.46. The van der Waals surface area contributed by atoms with Crippen molar-refractivity contribution in [1.82, 2.24) is 0 Å². The Balaban J connectivity index is 2.08. The lowest BCUT2D eigenvalue weighted by Gasteiger charge is -2.10. The average Bonchev–Trinajstić information content (AvgIpc) is 2.45. The zero-order valence-corrected chi connectivity index (χ0v) is 15.0. The topological polar surface area (TPSA) is 52.3 Å². The zero-order chi connectivity index (χ0) is 16.1. The van der Waals surface area contributed by atoms with Crippen LogP contribution in [-0.4, -0.2) is 5.91 Å². The number of carbonyl (C=O) groups is 1. The molecule has 0 aromatic heterocycles. The molecule has 0 spiro atoms. The van der Waals surface area contributed by atoms with E-state index in [1.54, 1.807) is 18.2 Å². The highest BCUT2D eigenvalue weighted by Gasteiger charge is 2.05. The molecule has 0 fully saturated rings. The van der Waals surface area contributed by atoms with Crippen molar-refractivity contribution in [2.45, 2.75) is 6.61 Å². The van der Waals surface area contributed by atoms with Gasteiger partial charge in [0, 0.05) is 21.7 Å². The quantitative estimate of drug-likeness (QED) is 0.534. The van der Waals surface area contributed by atoms with Crippen LogP contribution >= 0.6 is 45.8 Å². The minimum Gasteiger partial charge on any atom is -0.488 e. The molecule has 22 heavy (non-hydrogen) atoms. The highest BCUT2D eigenvalue weighted by atomic mass is 127. The summed E-state index contributed by atoms with van der Waals surface area (Å²) in [5.74, 6) is 0.260. The number of rotatable bonds is 5. The molecule has 0 aliphatic rings. The van der Waals surface area contributed by atoms with Crippen LogP contribution in [0.2, 0.25) is 10.0 Å². The van der Waals surface area contributed by atoms with Gasteiger partial charge in [-0.15, -0.1) is 0 Å². The lowest BCUT2D eigenvalue weighted by atomic mass is 10.2. The Hall–Kier alpha value is -1.24. The number of primary amides is 1. The Bertz CT molecular complexity index is 732. The molecule has 0 radical (unpaired) electrons. The second kappa shape index (κ2) is 7.85. The van der Waals surface area contributed by atoms with Gasteiger partial charge in [-0.2, -0.15) is 0 Å². The Morgan fingerprint density at radius 1 is 1.23 bits per heavy atom. The van der Waals surface area contributed by atoms with E-state index in [0.29, 0.717) is 16.7 Å². The van der Waals surface area contributed by atoms with Crippen molar-refractivity contribution < 1.29 is 9.53 Å². The van der Waals surface area contributed by atoms with E-state index in [9.17, 15) is 4.79 Å². The van der Waals surface area contributed by atoms with Gasteiger partial charge in [0.1, 0.15) is 12.4 Å². The van der Waals surface area contributed by atoms with E-state index in [2.05, 4.69) is 22.6 Å². The molecule has 0 bridgehead atoms. The summed E-state index contributed by atoms with van der Waals surface area (Å²) >= 11 is 14.1. The average molecular weight is 448 g/mol. The maximum absolute atomic E-state index is 10.7. The van der Waals surface area contributed by atoms with Crippen LogP contribution in [0.15, 0.2) is 42.5 Å². The number of hydrogen-bond donors (Lipinski definition) is 1. The van der Waals surface area contributed by atoms with E-state index in [0.717, 1.165) is 20.4 Å². The first-order valence-corrected chi connectivity index (χ1v) is 8.13. The van der Waals surface area contributed by atoms with E-state index < -0.39 is 5.91 Å². The molecule has 2 aromatic rings. The molecule has 0 saturated heterocycles. The highest BCUT2D eigenvalue weighted by Crippen LogP contribution is 2.26. The summed E-state index contributed by atoms with van der Waals surface area (Å²) in [7, 11) is 0. The normalized spacial score (nSPS) is 10.9. The minimum atomic E-state index is -0.479. The lowest BCUT2D eigenvalue weighted by molar-refractivity contribution is -0.113. The van der Waals surface area contributed by atoms with E-state index >= 15 is 0 Å². The molecule has 2 N–H and O–H groups in total. The maximum atomic E-state index is 10.7. The van der Waals surface area contributed by atoms with E-state index in [1.807, 2.05) is 24.3 Å². The highest BCUT2D eigenvalue weighted by molar-refractivity contribution is 14.1. The van der Waals surface area contributed by atoms with E-state index in [4.69, 9.17) is 33.7 Å². The van der Waals surface area contributed by atoms with Gasteiger partial charge in [0.05, 0.1) is 3.57 Å². The monoisotopic (exact) mass is 447 g/mol. The molecule has 0 aliphatic heterocycles. The second-order valence-electron chi connectivity index (χ2n) is 4.45. The van der Waals surface area contributed by atoms with Crippen molar-refractivity contribution in [2.24, 2.45) is 5.73 Å². The Morgan fingerprint density at radius 2 is 2.00 bits per heavy atom. The molecular formula is C16H12Cl2INO2. The van der Waals surface area contributed by atoms with E-state index in [1.165, 1.54) is 6.08 Å². The molecular weight excluding hydrogens is 436 g/mol. The number of benzene rings is 2. The number of ether oxygens (including phenoxy) is 1. The number of amides is 1. The van der Waals surface area contributed by atoms with Crippen LogP contribution in [0.3, 0.4) is 0 Å². The van der Waals surface area contributed by atoms with Gasteiger partial charge in [0.2, 0.25) is 5.91 Å². The zero-order valence-electron chi connectivity index (χ0n) is 11.4. The van der Waals surface area contributed by atoms with Crippen molar-refractivity contribution in [2.75, 3.05) is 0 Å². The van der Waals surface area contributed by atoms with Gasteiger partial charge < -0.3 is 10.5 Å². The Morgan fingerprint density at radius 3 is 2.64 bits per heavy atom. The van der Waals surface area contributed by atoms with Gasteiger partial charge in [0.15, 0.2) is 0 Å². The fourth-order valence-corrected chi connectivity index (χ4v) is 2.87. The summed E-state index contributed by atoms with van der Waals surface area (Å²) in [4.78, 5) is 10.7. The molecule has 0 unspecified atom stereocenters. The Kier molecular flexibility index (Phi) is 6.11. The minimum absolute atomic E-state index is 0.350. The number of nitrogens with two attached hydrogens (primary N) is 1. The van der Waals surface area contributed by atoms with Gasteiger partial charge in [-0.25, -0.2) is 0 Å². The first kappa shape index (κ1) is 17.1. The van der Waals surface area contributed by atoms with Crippen molar-refractivity contribution in [1.29, 1.82) is 0 Å². The van der Waals surface area contributed by atoms with Crippen molar-refractivity contribution in [3.63, 3.8) is 0 Å². The van der Waals surface area contributed by atoms with Crippen LogP contribution in [0.5, 0.6) is 5.75 Å². The molecule has 0 atom stereocenters. The third-order valence-corrected chi connectivity index (χ3v) is 4.22. The molecule has 0 heterocycles. The first-order valence-electron chi connectivity index (χ1n) is 6.29. The molecule has 2 aromatic carbocycles. The Labute approximate surface area is 152 Å². The number of hydrogen-bond acceptors (Lipinski definition) is 2. The third kappa shape index (κ3) is 4.90. The summed E-state index contributed by atoms with van der Waals surface area (Å²) in [5.41, 5.74) is 6.81. The molecule has 1 amide bonds. The van der Waals surface area contributed by atoms with Crippen LogP contribution in [0.1, 0.15) is 11.1 Å². The third-order valence-electron chi connectivity index (χ3n) is 2.79. The largest absolute Gasteiger partial charge is 0.488 e. The van der Waals surface area contributed by atoms with Gasteiger partial charge in [-0.1, -0.05) is 35.3 Å². The summed E-state index contributed by atoms with van der Waals surface area (Å²) in [6.07, 6.45) is 2.98. The van der Waals surface area contributed by atoms with E-state index in [-0.39, 0.29) is 0 Å². The van der Waals surface area contributed by atoms with Crippen molar-refractivity contribution in [3.05, 3.63) is 67.2 Å². The first-order chi connectivity index (χ1) is 10.5. The smallest absolute Gasteiger partial charge is 0.241 e. The molecule has 0 aliphatic carbocycles. The summed E-state index contributed by atoms with van der Waals surface area (Å²) in [6.45, 7) is 0.350. The van der Waals surface area contributed by atoms with Gasteiger partial charge in [-0.05, 0) is 58.5 Å². The number of halogens is 3. The molecule has 3 nitrogen and oxygen atoms in total. The van der Waals surface area contributed by atoms with Crippen molar-refractivity contribution >= 4 is 57.8 Å². The van der Waals surface area contributed by atoms with Crippen LogP contribution in [0.25, 0.3) is 6.08 Å². The molecule has 2 rings (SSSR count). The number of carbonyl (C=O) groups excluding carboxylic acids is 1. The van der Waals surface area contributed by atoms with Crippen LogP contribution in [0, 0.1) is 3.57 Å². The van der Waals surface area contributed by atoms with Crippen LogP contribution < -0.4 is 10.5 Å². The predicted octanol–water partition coefficient (Wildman–Crippen LogP) is 4.68. The summed E-state index contributed by atoms with van der Waals surface area (Å²) < 4.78 is 6.70. The lowest BCUT2D eigenvalue weighted by Crippen LogP contribution is -2.05. The maximum Gasteiger partial charge on any atom is 0.241 e. The van der Waals surface area contributed by atoms with Crippen LogP contribution in [0.4, 0.5) is 0 Å². The summed E-state index contributed by atoms with van der Waals surface area (Å²) in [5, 5.41) is 1.16. The van der Waals surface area contributed by atoms with Gasteiger partial charge in [0.25, 0.3) is 0 Å². The molecule has 6 heteroatoms. The predicted molar refractivity (Wildman–Crippen MR) is 98.2 cm³/mol. The van der Waals surface area contributed by atoms with Gasteiger partial charge in [-0.3, -0.25) is 4.79 Å². The van der Waals surface area contributed by atoms with Crippen molar-refractivity contribution in [3.8, 4) is 5.75 Å². The van der Waals surface area contributed by atoms with Crippen LogP contribution in [-0.2, 0) is 11.4 Å². The SMILES string of the molecule is NC(=O)/C=C/c1ccc(OCc2ccc(Cl)cc2Cl)c(I)c1.